The number of benzene rings is 2. The highest BCUT2D eigenvalue weighted by Gasteiger charge is 2.20. The molecule has 3 rings (SSSR count). The van der Waals surface area contributed by atoms with Crippen molar-refractivity contribution in [3.05, 3.63) is 52.0 Å². The molecule has 0 aliphatic carbocycles. The molecule has 2 aromatic rings. The van der Waals surface area contributed by atoms with Gasteiger partial charge >= 0.3 is 0 Å². The Kier molecular flexibility index (Phi) is 3.57. The molecule has 20 heavy (non-hydrogen) atoms. The molecule has 2 aromatic carbocycles. The Labute approximate surface area is 127 Å². The Balaban J connectivity index is 1.84. The van der Waals surface area contributed by atoms with Crippen molar-refractivity contribution in [1.82, 2.24) is 0 Å². The lowest BCUT2D eigenvalue weighted by molar-refractivity contribution is 0.412. The van der Waals surface area contributed by atoms with Crippen LogP contribution in [0.4, 0.5) is 11.4 Å². The number of hydrogen-bond donors (Lipinski definition) is 1. The van der Waals surface area contributed by atoms with E-state index in [2.05, 4.69) is 39.0 Å². The van der Waals surface area contributed by atoms with Gasteiger partial charge in [0.15, 0.2) is 0 Å². The SMILES string of the molecule is COc1ccc(CN2CCc3c(N)cccc32)cc1Br. The molecular formula is C16H17BrN2O. The van der Waals surface area contributed by atoms with Crippen LogP contribution < -0.4 is 15.4 Å². The molecule has 0 bridgehead atoms. The van der Waals surface area contributed by atoms with Gasteiger partial charge in [-0.15, -0.1) is 0 Å². The van der Waals surface area contributed by atoms with Gasteiger partial charge in [0.2, 0.25) is 0 Å². The van der Waals surface area contributed by atoms with Gasteiger partial charge in [-0.05, 0) is 52.2 Å². The second-order valence-electron chi connectivity index (χ2n) is 4.99. The Bertz CT molecular complexity index is 642. The molecule has 0 radical (unpaired) electrons. The summed E-state index contributed by atoms with van der Waals surface area (Å²) in [5, 5.41) is 0. The van der Waals surface area contributed by atoms with E-state index in [4.69, 9.17) is 10.5 Å². The van der Waals surface area contributed by atoms with E-state index >= 15 is 0 Å². The summed E-state index contributed by atoms with van der Waals surface area (Å²) in [6.07, 6.45) is 1.03. The average Bonchev–Trinajstić information content (AvgIpc) is 2.84. The van der Waals surface area contributed by atoms with Crippen molar-refractivity contribution in [3.8, 4) is 5.75 Å². The summed E-state index contributed by atoms with van der Waals surface area (Å²) in [6.45, 7) is 1.91. The second-order valence-corrected chi connectivity index (χ2v) is 5.84. The normalized spacial score (nSPS) is 13.4. The molecule has 0 saturated heterocycles. The highest BCUT2D eigenvalue weighted by molar-refractivity contribution is 9.10. The van der Waals surface area contributed by atoms with E-state index < -0.39 is 0 Å². The monoisotopic (exact) mass is 332 g/mol. The molecule has 1 aliphatic rings. The summed E-state index contributed by atoms with van der Waals surface area (Å²) in [4.78, 5) is 2.37. The van der Waals surface area contributed by atoms with Crippen LogP contribution in [0.3, 0.4) is 0 Å². The molecule has 0 unspecified atom stereocenters. The lowest BCUT2D eigenvalue weighted by Gasteiger charge is -2.20. The van der Waals surface area contributed by atoms with Crippen molar-refractivity contribution in [2.45, 2.75) is 13.0 Å². The van der Waals surface area contributed by atoms with Gasteiger partial charge in [0.05, 0.1) is 11.6 Å². The smallest absolute Gasteiger partial charge is 0.133 e. The summed E-state index contributed by atoms with van der Waals surface area (Å²) in [5.74, 6) is 0.861. The number of methoxy groups -OCH3 is 1. The van der Waals surface area contributed by atoms with Crippen LogP contribution in [0, 0.1) is 0 Å². The van der Waals surface area contributed by atoms with E-state index in [0.29, 0.717) is 0 Å². The largest absolute Gasteiger partial charge is 0.496 e. The van der Waals surface area contributed by atoms with E-state index in [1.807, 2.05) is 18.2 Å². The third-order valence-corrected chi connectivity index (χ3v) is 4.37. The Morgan fingerprint density at radius 3 is 2.90 bits per heavy atom. The van der Waals surface area contributed by atoms with Gasteiger partial charge in [0, 0.05) is 30.0 Å². The number of hydrogen-bond acceptors (Lipinski definition) is 3. The summed E-state index contributed by atoms with van der Waals surface area (Å²) >= 11 is 3.54. The minimum absolute atomic E-state index is 0.861. The number of anilines is 2. The maximum absolute atomic E-state index is 6.04. The number of nitrogen functional groups attached to an aromatic ring is 1. The minimum atomic E-state index is 0.861. The maximum Gasteiger partial charge on any atom is 0.133 e. The lowest BCUT2D eigenvalue weighted by atomic mass is 10.1. The van der Waals surface area contributed by atoms with Crippen LogP contribution in [0.5, 0.6) is 5.75 Å². The molecule has 0 atom stereocenters. The number of rotatable bonds is 3. The quantitative estimate of drug-likeness (QED) is 0.872. The Morgan fingerprint density at radius 2 is 2.15 bits per heavy atom. The molecule has 0 aromatic heterocycles. The van der Waals surface area contributed by atoms with Gasteiger partial charge in [-0.3, -0.25) is 0 Å². The number of halogens is 1. The van der Waals surface area contributed by atoms with E-state index in [-0.39, 0.29) is 0 Å². The van der Waals surface area contributed by atoms with Crippen molar-refractivity contribution < 1.29 is 4.74 Å². The van der Waals surface area contributed by atoms with Crippen LogP contribution in [-0.4, -0.2) is 13.7 Å². The molecular weight excluding hydrogens is 316 g/mol. The highest BCUT2D eigenvalue weighted by Crippen LogP contribution is 2.34. The van der Waals surface area contributed by atoms with Crippen molar-refractivity contribution in [1.29, 1.82) is 0 Å². The zero-order valence-electron chi connectivity index (χ0n) is 11.4. The van der Waals surface area contributed by atoms with E-state index in [9.17, 15) is 0 Å². The summed E-state index contributed by atoms with van der Waals surface area (Å²) in [6, 6.07) is 12.4. The number of fused-ring (bicyclic) bond motifs is 1. The van der Waals surface area contributed by atoms with Crippen molar-refractivity contribution in [3.63, 3.8) is 0 Å². The predicted octanol–water partition coefficient (Wildman–Crippen LogP) is 3.60. The van der Waals surface area contributed by atoms with Crippen LogP contribution in [-0.2, 0) is 13.0 Å². The molecule has 1 heterocycles. The summed E-state index contributed by atoms with van der Waals surface area (Å²) < 4.78 is 6.26. The molecule has 0 spiro atoms. The van der Waals surface area contributed by atoms with Crippen molar-refractivity contribution >= 4 is 27.3 Å². The first-order valence-corrected chi connectivity index (χ1v) is 7.43. The number of nitrogens with zero attached hydrogens (tertiary/aromatic N) is 1. The molecule has 0 fully saturated rings. The van der Waals surface area contributed by atoms with Crippen LogP contribution in [0.25, 0.3) is 0 Å². The molecule has 104 valence electrons. The number of nitrogens with two attached hydrogens (primary N) is 1. The van der Waals surface area contributed by atoms with E-state index in [1.54, 1.807) is 7.11 Å². The van der Waals surface area contributed by atoms with E-state index in [1.165, 1.54) is 16.8 Å². The minimum Gasteiger partial charge on any atom is -0.496 e. The topological polar surface area (TPSA) is 38.5 Å². The van der Waals surface area contributed by atoms with Gasteiger partial charge in [-0.1, -0.05) is 12.1 Å². The molecule has 1 aliphatic heterocycles. The van der Waals surface area contributed by atoms with Crippen LogP contribution >= 0.6 is 15.9 Å². The van der Waals surface area contributed by atoms with Crippen LogP contribution in [0.2, 0.25) is 0 Å². The zero-order valence-corrected chi connectivity index (χ0v) is 13.0. The lowest BCUT2D eigenvalue weighted by Crippen LogP contribution is -2.19. The highest BCUT2D eigenvalue weighted by atomic mass is 79.9. The Hall–Kier alpha value is -1.68. The predicted molar refractivity (Wildman–Crippen MR) is 86.3 cm³/mol. The standard InChI is InChI=1S/C16H17BrN2O/c1-20-16-6-5-11(9-13(16)17)10-19-8-7-12-14(18)3-2-4-15(12)19/h2-6,9H,7-8,10,18H2,1H3. The van der Waals surface area contributed by atoms with Crippen LogP contribution in [0.1, 0.15) is 11.1 Å². The average molecular weight is 333 g/mol. The second kappa shape index (κ2) is 5.37. The fraction of sp³-hybridized carbons (Fsp3) is 0.250. The van der Waals surface area contributed by atoms with Gasteiger partial charge < -0.3 is 15.4 Å². The zero-order chi connectivity index (χ0) is 14.1. The third-order valence-electron chi connectivity index (χ3n) is 3.75. The fourth-order valence-corrected chi connectivity index (χ4v) is 3.31. The van der Waals surface area contributed by atoms with Crippen molar-refractivity contribution in [2.75, 3.05) is 24.3 Å². The molecule has 0 saturated carbocycles. The van der Waals surface area contributed by atoms with Gasteiger partial charge in [-0.25, -0.2) is 0 Å². The van der Waals surface area contributed by atoms with Crippen molar-refractivity contribution in [2.24, 2.45) is 0 Å². The summed E-state index contributed by atoms with van der Waals surface area (Å²) in [5.41, 5.74) is 10.7. The molecule has 2 N–H and O–H groups in total. The first kappa shape index (κ1) is 13.3. The van der Waals surface area contributed by atoms with Gasteiger partial charge in [-0.2, -0.15) is 0 Å². The first-order chi connectivity index (χ1) is 9.69. The molecule has 4 heteroatoms. The Morgan fingerprint density at radius 1 is 1.30 bits per heavy atom. The molecule has 3 nitrogen and oxygen atoms in total. The maximum atomic E-state index is 6.04. The summed E-state index contributed by atoms with van der Waals surface area (Å²) in [7, 11) is 1.68. The first-order valence-electron chi connectivity index (χ1n) is 6.64. The van der Waals surface area contributed by atoms with E-state index in [0.717, 1.165) is 35.4 Å². The van der Waals surface area contributed by atoms with Gasteiger partial charge in [0.1, 0.15) is 5.75 Å². The van der Waals surface area contributed by atoms with Gasteiger partial charge in [0.25, 0.3) is 0 Å². The molecule has 0 amide bonds. The number of ether oxygens (including phenoxy) is 1. The fourth-order valence-electron chi connectivity index (χ4n) is 2.72. The third kappa shape index (κ3) is 2.36. The van der Waals surface area contributed by atoms with Crippen LogP contribution in [0.15, 0.2) is 40.9 Å².